The van der Waals surface area contributed by atoms with Crippen molar-refractivity contribution in [2.75, 3.05) is 7.11 Å². The van der Waals surface area contributed by atoms with Crippen LogP contribution in [0.3, 0.4) is 0 Å². The lowest BCUT2D eigenvalue weighted by atomic mass is 9.34. The van der Waals surface area contributed by atoms with Crippen LogP contribution in [0.2, 0.25) is 0 Å². The molecule has 2 aromatic heterocycles. The topological polar surface area (TPSA) is 36.2 Å². The summed E-state index contributed by atoms with van der Waals surface area (Å²) in [6.45, 7) is 7.00. The number of hydrogen-bond donors (Lipinski definition) is 0. The van der Waals surface area contributed by atoms with Crippen LogP contribution in [0.1, 0.15) is 36.7 Å². The highest BCUT2D eigenvalue weighted by Crippen LogP contribution is 2.42. The molecule has 53 heavy (non-hydrogen) atoms. The van der Waals surface area contributed by atoms with E-state index in [2.05, 4.69) is 139 Å². The van der Waals surface area contributed by atoms with Gasteiger partial charge < -0.3 is 13.9 Å². The Bertz CT molecular complexity index is 3030. The van der Waals surface area contributed by atoms with Gasteiger partial charge in [0.2, 0.25) is 0 Å². The highest BCUT2D eigenvalue weighted by atomic mass is 16.5. The Kier molecular flexibility index (Phi) is 6.07. The lowest BCUT2D eigenvalue weighted by molar-refractivity contribution is 0.112. The van der Waals surface area contributed by atoms with Crippen molar-refractivity contribution < 1.29 is 9.53 Å². The van der Waals surface area contributed by atoms with Gasteiger partial charge >= 0.3 is 0 Å². The Morgan fingerprint density at radius 3 is 1.91 bits per heavy atom. The van der Waals surface area contributed by atoms with Crippen molar-refractivity contribution in [1.82, 2.24) is 9.13 Å². The quantitative estimate of drug-likeness (QED) is 0.137. The molecule has 0 saturated carbocycles. The molecule has 0 N–H and O–H groups in total. The van der Waals surface area contributed by atoms with Gasteiger partial charge in [-0.15, -0.1) is 0 Å². The second-order valence-electron chi connectivity index (χ2n) is 15.7. The summed E-state index contributed by atoms with van der Waals surface area (Å²) < 4.78 is 10.6. The number of carbonyl (C=O) groups is 1. The van der Waals surface area contributed by atoms with Crippen LogP contribution >= 0.6 is 0 Å². The maximum atomic E-state index is 11.6. The smallest absolute Gasteiger partial charge is 0.252 e. The molecule has 5 heteroatoms. The molecule has 0 unspecified atom stereocenters. The summed E-state index contributed by atoms with van der Waals surface area (Å²) in [6, 6.07) is 48.8. The molecule has 0 spiro atoms. The number of rotatable bonds is 4. The number of fused-ring (bicyclic) bond motifs is 10. The average Bonchev–Trinajstić information content (AvgIpc) is 3.71. The maximum Gasteiger partial charge on any atom is 0.252 e. The van der Waals surface area contributed by atoms with Crippen LogP contribution in [0.5, 0.6) is 5.75 Å². The van der Waals surface area contributed by atoms with Crippen molar-refractivity contribution in [3.63, 3.8) is 0 Å². The number of methoxy groups -OCH3 is 1. The fraction of sp³-hybridized carbons (Fsp3) is 0.104. The molecule has 0 saturated heterocycles. The largest absolute Gasteiger partial charge is 0.497 e. The van der Waals surface area contributed by atoms with Crippen LogP contribution in [0.15, 0.2) is 133 Å². The number of aldehydes is 1. The molecular weight excluding hydrogens is 647 g/mol. The Labute approximate surface area is 308 Å². The maximum absolute atomic E-state index is 11.6. The average molecular weight is 683 g/mol. The minimum atomic E-state index is -0.0680. The summed E-state index contributed by atoms with van der Waals surface area (Å²) in [4.78, 5) is 11.6. The summed E-state index contributed by atoms with van der Waals surface area (Å²) in [5.74, 6) is 0.856. The Balaban J connectivity index is 1.28. The lowest BCUT2D eigenvalue weighted by Gasteiger charge is -2.35. The number of para-hydroxylation sites is 2. The first-order chi connectivity index (χ1) is 25.8. The minimum absolute atomic E-state index is 0.0316. The minimum Gasteiger partial charge on any atom is -0.497 e. The van der Waals surface area contributed by atoms with E-state index in [-0.39, 0.29) is 12.1 Å². The SMILES string of the molecule is COc1ccc(-c2ccc3c(c2)c2cccc4c2n3-c2cc(C(C)(C)C)cc3c2B4c2cc(-c4ccc(C=O)cc4)cc4c5ccccc5n-3c24)cc1. The molecule has 9 aromatic rings. The predicted octanol–water partition coefficient (Wildman–Crippen LogP) is 9.48. The van der Waals surface area contributed by atoms with E-state index in [9.17, 15) is 4.79 Å². The van der Waals surface area contributed by atoms with E-state index in [1.807, 2.05) is 24.3 Å². The monoisotopic (exact) mass is 682 g/mol. The number of benzene rings is 7. The Hall–Kier alpha value is -6.33. The Morgan fingerprint density at radius 1 is 0.566 bits per heavy atom. The zero-order valence-electron chi connectivity index (χ0n) is 30.1. The van der Waals surface area contributed by atoms with Gasteiger partial charge in [-0.05, 0) is 98.2 Å². The molecule has 2 aliphatic rings. The van der Waals surface area contributed by atoms with Crippen LogP contribution in [0.4, 0.5) is 0 Å². The second-order valence-corrected chi connectivity index (χ2v) is 15.7. The summed E-state index contributed by atoms with van der Waals surface area (Å²) in [5.41, 5.74) is 18.0. The molecule has 2 aliphatic heterocycles. The van der Waals surface area contributed by atoms with Crippen LogP contribution in [0, 0.1) is 0 Å². The van der Waals surface area contributed by atoms with Gasteiger partial charge in [0.05, 0.1) is 18.1 Å². The second kappa shape index (κ2) is 10.6. The zero-order chi connectivity index (χ0) is 35.7. The van der Waals surface area contributed by atoms with Crippen LogP contribution < -0.4 is 21.1 Å². The molecule has 11 rings (SSSR count). The molecule has 252 valence electrons. The van der Waals surface area contributed by atoms with Crippen molar-refractivity contribution in [1.29, 1.82) is 0 Å². The first-order valence-corrected chi connectivity index (χ1v) is 18.4. The lowest BCUT2D eigenvalue weighted by Crippen LogP contribution is -2.59. The first kappa shape index (κ1) is 30.3. The van der Waals surface area contributed by atoms with E-state index in [1.165, 1.54) is 88.1 Å². The zero-order valence-corrected chi connectivity index (χ0v) is 30.1. The van der Waals surface area contributed by atoms with E-state index in [1.54, 1.807) is 7.11 Å². The van der Waals surface area contributed by atoms with E-state index in [0.29, 0.717) is 5.56 Å². The molecule has 4 heterocycles. The summed E-state index contributed by atoms with van der Waals surface area (Å²) in [7, 11) is 1.71. The van der Waals surface area contributed by atoms with Crippen molar-refractivity contribution >= 4 is 73.0 Å². The standard InChI is InChI=1S/C48H35BN2O2/c1-48(2,3)33-25-43-45-44(26-33)51-42-21-18-31(29-16-19-34(53-4)20-17-29)22-37(42)36-9-7-10-39(46(36)51)49(45)40-24-32(30-14-12-28(27-52)13-15-30)23-38-35-8-5-6-11-41(35)50(43)47(38)40/h5-27H,1-4H3. The van der Waals surface area contributed by atoms with Gasteiger partial charge in [0.25, 0.3) is 6.71 Å². The van der Waals surface area contributed by atoms with Crippen molar-refractivity contribution in [3.05, 3.63) is 145 Å². The number of nitrogens with zero attached hydrogens (tertiary/aromatic N) is 2. The van der Waals surface area contributed by atoms with Crippen molar-refractivity contribution in [3.8, 4) is 39.4 Å². The molecular formula is C48H35BN2O2. The predicted molar refractivity (Wildman–Crippen MR) is 221 cm³/mol. The third-order valence-electron chi connectivity index (χ3n) is 11.8. The molecule has 0 radical (unpaired) electrons. The highest BCUT2D eigenvalue weighted by Gasteiger charge is 2.41. The molecule has 0 bridgehead atoms. The van der Waals surface area contributed by atoms with Gasteiger partial charge in [-0.25, -0.2) is 0 Å². The van der Waals surface area contributed by atoms with Crippen molar-refractivity contribution in [2.45, 2.75) is 26.2 Å². The van der Waals surface area contributed by atoms with Gasteiger partial charge in [-0.1, -0.05) is 106 Å². The summed E-state index contributed by atoms with van der Waals surface area (Å²) >= 11 is 0. The van der Waals surface area contributed by atoms with Crippen LogP contribution in [-0.2, 0) is 5.41 Å². The number of hydrogen-bond acceptors (Lipinski definition) is 2. The van der Waals surface area contributed by atoms with Gasteiger partial charge in [-0.2, -0.15) is 0 Å². The number of carbonyl (C=O) groups excluding carboxylic acids is 1. The third-order valence-corrected chi connectivity index (χ3v) is 11.8. The van der Waals surface area contributed by atoms with Crippen LogP contribution in [-0.4, -0.2) is 29.2 Å². The van der Waals surface area contributed by atoms with Gasteiger partial charge in [-0.3, -0.25) is 4.79 Å². The first-order valence-electron chi connectivity index (χ1n) is 18.4. The highest BCUT2D eigenvalue weighted by molar-refractivity contribution is 7.00. The fourth-order valence-electron chi connectivity index (χ4n) is 9.26. The van der Waals surface area contributed by atoms with E-state index < -0.39 is 0 Å². The van der Waals surface area contributed by atoms with Gasteiger partial charge in [0, 0.05) is 49.5 Å². The van der Waals surface area contributed by atoms with Gasteiger partial charge in [0.1, 0.15) is 12.0 Å². The van der Waals surface area contributed by atoms with E-state index >= 15 is 0 Å². The molecule has 0 atom stereocenters. The summed E-state index contributed by atoms with van der Waals surface area (Å²) in [6.07, 6.45) is 0.913. The third kappa shape index (κ3) is 4.11. The van der Waals surface area contributed by atoms with E-state index in [4.69, 9.17) is 4.74 Å². The van der Waals surface area contributed by atoms with Crippen molar-refractivity contribution in [2.24, 2.45) is 0 Å². The molecule has 4 nitrogen and oxygen atoms in total. The van der Waals surface area contributed by atoms with Gasteiger partial charge in [0.15, 0.2) is 0 Å². The Morgan fingerprint density at radius 2 is 1.19 bits per heavy atom. The number of aromatic nitrogens is 2. The molecule has 0 fully saturated rings. The van der Waals surface area contributed by atoms with E-state index in [0.717, 1.165) is 23.2 Å². The van der Waals surface area contributed by atoms with Crippen LogP contribution in [0.25, 0.3) is 77.2 Å². The molecule has 7 aromatic carbocycles. The molecule has 0 aliphatic carbocycles. The normalized spacial score (nSPS) is 12.9. The number of ether oxygens (including phenoxy) is 1. The summed E-state index contributed by atoms with van der Waals surface area (Å²) in [5, 5.41) is 5.02. The molecule has 0 amide bonds. The fourth-order valence-corrected chi connectivity index (χ4v) is 9.26.